The van der Waals surface area contributed by atoms with E-state index >= 15 is 0 Å². The summed E-state index contributed by atoms with van der Waals surface area (Å²) in [5.74, 6) is 0.499. The Bertz CT molecular complexity index is 605. The fourth-order valence-electron chi connectivity index (χ4n) is 3.05. The normalized spacial score (nSPS) is 19.3. The molecule has 1 N–H and O–H groups in total. The van der Waals surface area contributed by atoms with Gasteiger partial charge in [-0.2, -0.15) is 5.26 Å². The summed E-state index contributed by atoms with van der Waals surface area (Å²) in [7, 11) is 0. The van der Waals surface area contributed by atoms with Gasteiger partial charge < -0.3 is 10.2 Å². The van der Waals surface area contributed by atoms with Crippen LogP contribution in [0.5, 0.6) is 0 Å². The van der Waals surface area contributed by atoms with Crippen molar-refractivity contribution >= 4 is 5.91 Å². The summed E-state index contributed by atoms with van der Waals surface area (Å²) in [4.78, 5) is 14.2. The second-order valence-electron chi connectivity index (χ2n) is 6.54. The van der Waals surface area contributed by atoms with Crippen molar-refractivity contribution in [3.05, 3.63) is 47.7 Å². The summed E-state index contributed by atoms with van der Waals surface area (Å²) in [5.41, 5.74) is 1.60. The van der Waals surface area contributed by atoms with Crippen LogP contribution in [0, 0.1) is 17.2 Å². The minimum atomic E-state index is -0.126. The number of piperidine rings is 1. The third-order valence-electron chi connectivity index (χ3n) is 4.66. The van der Waals surface area contributed by atoms with Gasteiger partial charge in [0.05, 0.1) is 0 Å². The van der Waals surface area contributed by atoms with Gasteiger partial charge in [-0.1, -0.05) is 30.3 Å². The van der Waals surface area contributed by atoms with Crippen LogP contribution in [-0.4, -0.2) is 29.9 Å². The number of hydrogen-bond acceptors (Lipinski definition) is 3. The zero-order chi connectivity index (χ0) is 16.1. The number of amides is 1. The molecule has 4 nitrogen and oxygen atoms in total. The minimum Gasteiger partial charge on any atom is -0.387 e. The second kappa shape index (κ2) is 7.32. The number of nitriles is 1. The highest BCUT2D eigenvalue weighted by atomic mass is 16.2. The third kappa shape index (κ3) is 4.35. The molecule has 2 fully saturated rings. The van der Waals surface area contributed by atoms with Gasteiger partial charge in [-0.05, 0) is 43.6 Å². The third-order valence-corrected chi connectivity index (χ3v) is 4.66. The number of nitrogens with one attached hydrogen (secondary N) is 1. The van der Waals surface area contributed by atoms with Crippen LogP contribution in [0.15, 0.2) is 42.1 Å². The van der Waals surface area contributed by atoms with Crippen LogP contribution in [-0.2, 0) is 11.2 Å². The first-order chi connectivity index (χ1) is 11.3. The van der Waals surface area contributed by atoms with Gasteiger partial charge in [-0.15, -0.1) is 0 Å². The zero-order valence-corrected chi connectivity index (χ0v) is 13.4. The van der Waals surface area contributed by atoms with Crippen molar-refractivity contribution < 1.29 is 4.79 Å². The molecule has 23 heavy (non-hydrogen) atoms. The number of benzene rings is 1. The van der Waals surface area contributed by atoms with Gasteiger partial charge in [-0.25, -0.2) is 0 Å². The average Bonchev–Trinajstić information content (AvgIpc) is 3.41. The van der Waals surface area contributed by atoms with Crippen molar-refractivity contribution in [2.75, 3.05) is 13.1 Å². The molecule has 1 saturated carbocycles. The molecule has 3 rings (SSSR count). The molecule has 4 heteroatoms. The highest BCUT2D eigenvalue weighted by Crippen LogP contribution is 2.23. The quantitative estimate of drug-likeness (QED) is 0.672. The van der Waals surface area contributed by atoms with Crippen LogP contribution < -0.4 is 5.32 Å². The molecule has 0 aromatic heterocycles. The number of likely N-dealkylation sites (tertiary alicyclic amines) is 1. The summed E-state index contributed by atoms with van der Waals surface area (Å²) >= 11 is 0. The van der Waals surface area contributed by atoms with Crippen LogP contribution >= 0.6 is 0 Å². The molecule has 120 valence electrons. The molecule has 0 bridgehead atoms. The van der Waals surface area contributed by atoms with E-state index in [2.05, 4.69) is 29.6 Å². The predicted octanol–water partition coefficient (Wildman–Crippen LogP) is 2.63. The lowest BCUT2D eigenvalue weighted by molar-refractivity contribution is -0.128. The largest absolute Gasteiger partial charge is 0.387 e. The average molecular weight is 309 g/mol. The van der Waals surface area contributed by atoms with E-state index in [0.29, 0.717) is 12.0 Å². The Hall–Kier alpha value is -2.28. The van der Waals surface area contributed by atoms with E-state index in [1.54, 1.807) is 6.20 Å². The topological polar surface area (TPSA) is 56.1 Å². The van der Waals surface area contributed by atoms with E-state index in [1.165, 1.54) is 5.56 Å². The van der Waals surface area contributed by atoms with Gasteiger partial charge in [0.25, 0.3) is 5.91 Å². The second-order valence-corrected chi connectivity index (χ2v) is 6.54. The highest BCUT2D eigenvalue weighted by Gasteiger charge is 2.26. The molecule has 1 amide bonds. The molecule has 0 spiro atoms. The highest BCUT2D eigenvalue weighted by molar-refractivity contribution is 5.97. The summed E-state index contributed by atoms with van der Waals surface area (Å²) in [5, 5.41) is 12.3. The first-order valence-corrected chi connectivity index (χ1v) is 8.46. The molecule has 2 aliphatic rings. The summed E-state index contributed by atoms with van der Waals surface area (Å²) in [6, 6.07) is 13.0. The first kappa shape index (κ1) is 15.6. The van der Waals surface area contributed by atoms with E-state index < -0.39 is 0 Å². The zero-order valence-electron chi connectivity index (χ0n) is 13.4. The Labute approximate surface area is 137 Å². The van der Waals surface area contributed by atoms with Gasteiger partial charge in [0, 0.05) is 25.3 Å². The van der Waals surface area contributed by atoms with Crippen molar-refractivity contribution in [3.8, 4) is 6.07 Å². The van der Waals surface area contributed by atoms with Gasteiger partial charge in [0.15, 0.2) is 0 Å². The van der Waals surface area contributed by atoms with E-state index in [9.17, 15) is 10.1 Å². The van der Waals surface area contributed by atoms with Crippen LogP contribution in [0.25, 0.3) is 0 Å². The van der Waals surface area contributed by atoms with E-state index in [-0.39, 0.29) is 11.5 Å². The minimum absolute atomic E-state index is 0.126. The number of hydrogen-bond donors (Lipinski definition) is 1. The van der Waals surface area contributed by atoms with Gasteiger partial charge in [0.1, 0.15) is 11.6 Å². The molecular formula is C19H23N3O. The molecule has 1 heterocycles. The summed E-state index contributed by atoms with van der Waals surface area (Å²) in [6.07, 6.45) is 6.97. The lowest BCUT2D eigenvalue weighted by atomic mass is 9.90. The summed E-state index contributed by atoms with van der Waals surface area (Å²) < 4.78 is 0. The first-order valence-electron chi connectivity index (χ1n) is 8.46. The van der Waals surface area contributed by atoms with Crippen molar-refractivity contribution in [2.45, 2.75) is 38.1 Å². The Morgan fingerprint density at radius 2 is 1.91 bits per heavy atom. The number of nitrogens with zero attached hydrogens (tertiary/aromatic N) is 2. The Kier molecular flexibility index (Phi) is 4.97. The van der Waals surface area contributed by atoms with Gasteiger partial charge >= 0.3 is 0 Å². The molecular weight excluding hydrogens is 286 g/mol. The Balaban J connectivity index is 1.50. The van der Waals surface area contributed by atoms with Crippen LogP contribution in [0.4, 0.5) is 0 Å². The number of rotatable bonds is 5. The van der Waals surface area contributed by atoms with Gasteiger partial charge in [0.2, 0.25) is 0 Å². The lowest BCUT2D eigenvalue weighted by Gasteiger charge is -2.32. The smallest absolute Gasteiger partial charge is 0.265 e. The summed E-state index contributed by atoms with van der Waals surface area (Å²) in [6.45, 7) is 1.50. The van der Waals surface area contributed by atoms with Gasteiger partial charge in [-0.3, -0.25) is 4.79 Å². The fourth-order valence-corrected chi connectivity index (χ4v) is 3.05. The van der Waals surface area contributed by atoms with Crippen molar-refractivity contribution in [3.63, 3.8) is 0 Å². The fraction of sp³-hybridized carbons (Fsp3) is 0.474. The molecule has 1 aromatic carbocycles. The van der Waals surface area contributed by atoms with E-state index in [0.717, 1.165) is 45.2 Å². The molecule has 1 aromatic rings. The Morgan fingerprint density at radius 3 is 2.52 bits per heavy atom. The Morgan fingerprint density at radius 1 is 1.22 bits per heavy atom. The maximum absolute atomic E-state index is 12.4. The van der Waals surface area contributed by atoms with E-state index in [4.69, 9.17) is 0 Å². The SMILES string of the molecule is N#C/C(=C/NC1CC1)C(=O)N1CCC(Cc2ccccc2)CC1. The van der Waals surface area contributed by atoms with E-state index in [1.807, 2.05) is 17.0 Å². The van der Waals surface area contributed by atoms with Crippen LogP contribution in [0.2, 0.25) is 0 Å². The molecule has 0 radical (unpaired) electrons. The molecule has 0 atom stereocenters. The maximum Gasteiger partial charge on any atom is 0.265 e. The van der Waals surface area contributed by atoms with Crippen molar-refractivity contribution in [1.29, 1.82) is 5.26 Å². The van der Waals surface area contributed by atoms with Crippen molar-refractivity contribution in [1.82, 2.24) is 10.2 Å². The van der Waals surface area contributed by atoms with Crippen LogP contribution in [0.1, 0.15) is 31.2 Å². The molecule has 0 unspecified atom stereocenters. The monoisotopic (exact) mass is 309 g/mol. The maximum atomic E-state index is 12.4. The molecule has 1 aliphatic carbocycles. The molecule has 1 saturated heterocycles. The predicted molar refractivity (Wildman–Crippen MR) is 89.3 cm³/mol. The van der Waals surface area contributed by atoms with Crippen LogP contribution in [0.3, 0.4) is 0 Å². The number of carbonyl (C=O) groups excluding carboxylic acids is 1. The lowest BCUT2D eigenvalue weighted by Crippen LogP contribution is -2.39. The number of carbonyl (C=O) groups is 1. The molecule has 1 aliphatic heterocycles. The standard InChI is InChI=1S/C19H23N3O/c20-13-17(14-21-18-6-7-18)19(23)22-10-8-16(9-11-22)12-15-4-2-1-3-5-15/h1-5,14,16,18,21H,6-12H2/b17-14-. The van der Waals surface area contributed by atoms with Crippen molar-refractivity contribution in [2.24, 2.45) is 5.92 Å².